The van der Waals surface area contributed by atoms with Crippen LogP contribution in [0.5, 0.6) is 34.5 Å². The van der Waals surface area contributed by atoms with E-state index in [0.717, 1.165) is 0 Å². The number of hydrogen-bond donors (Lipinski definition) is 2. The average molecular weight is 437 g/mol. The van der Waals surface area contributed by atoms with E-state index in [1.165, 1.54) is 6.07 Å². The van der Waals surface area contributed by atoms with Crippen molar-refractivity contribution in [3.05, 3.63) is 35.9 Å². The molecule has 31 heavy (non-hydrogen) atoms. The number of hydrogen-bond acceptors (Lipinski definition) is 7. The highest BCUT2D eigenvalue weighted by Crippen LogP contribution is 2.38. The number of aliphatic imine (C=N–C) groups is 1. The number of benzene rings is 2. The van der Waals surface area contributed by atoms with Gasteiger partial charge in [0.2, 0.25) is 13.6 Å². The van der Waals surface area contributed by atoms with E-state index in [1.807, 2.05) is 0 Å². The van der Waals surface area contributed by atoms with E-state index >= 15 is 0 Å². The Morgan fingerprint density at radius 2 is 1.71 bits per heavy atom. The molecule has 2 aliphatic heterocycles. The molecule has 0 bridgehead atoms. The molecule has 0 unspecified atom stereocenters. The van der Waals surface area contributed by atoms with Gasteiger partial charge in [0.05, 0.1) is 6.54 Å². The fraction of sp³-hybridized carbons (Fsp3) is 0.350. The van der Waals surface area contributed by atoms with Gasteiger partial charge in [-0.3, -0.25) is 4.99 Å². The van der Waals surface area contributed by atoms with Crippen molar-refractivity contribution in [2.75, 3.05) is 33.8 Å². The molecule has 0 aliphatic carbocycles. The molecule has 2 aromatic rings. The van der Waals surface area contributed by atoms with Gasteiger partial charge < -0.3 is 39.1 Å². The molecule has 0 fully saturated rings. The van der Waals surface area contributed by atoms with Crippen LogP contribution in [0.1, 0.15) is 5.56 Å². The average Bonchev–Trinajstić information content (AvgIpc) is 3.41. The molecule has 2 aromatic carbocycles. The Kier molecular flexibility index (Phi) is 6.29. The lowest BCUT2D eigenvalue weighted by molar-refractivity contribution is -0.0505. The molecular formula is C20H21F2N3O6. The van der Waals surface area contributed by atoms with Gasteiger partial charge in [-0.05, 0) is 18.2 Å². The van der Waals surface area contributed by atoms with Crippen molar-refractivity contribution in [1.29, 1.82) is 0 Å². The lowest BCUT2D eigenvalue weighted by Gasteiger charge is -2.15. The van der Waals surface area contributed by atoms with Gasteiger partial charge in [-0.15, -0.1) is 0 Å². The van der Waals surface area contributed by atoms with Gasteiger partial charge in [0.25, 0.3) is 0 Å². The summed E-state index contributed by atoms with van der Waals surface area (Å²) in [5, 5.41) is 6.14. The van der Waals surface area contributed by atoms with Crippen molar-refractivity contribution >= 4 is 5.96 Å². The van der Waals surface area contributed by atoms with Gasteiger partial charge in [0, 0.05) is 31.3 Å². The van der Waals surface area contributed by atoms with Crippen molar-refractivity contribution in [3.63, 3.8) is 0 Å². The molecular weight excluding hydrogens is 416 g/mol. The van der Waals surface area contributed by atoms with Crippen LogP contribution in [0, 0.1) is 0 Å². The van der Waals surface area contributed by atoms with Crippen LogP contribution in [0.25, 0.3) is 0 Å². The van der Waals surface area contributed by atoms with Gasteiger partial charge in [-0.1, -0.05) is 0 Å². The highest BCUT2D eigenvalue weighted by atomic mass is 19.3. The second-order valence-electron chi connectivity index (χ2n) is 6.41. The second-order valence-corrected chi connectivity index (χ2v) is 6.41. The molecule has 2 N–H and O–H groups in total. The third-order valence-corrected chi connectivity index (χ3v) is 4.45. The van der Waals surface area contributed by atoms with E-state index in [0.29, 0.717) is 53.4 Å². The number of fused-ring (bicyclic) bond motifs is 2. The first-order chi connectivity index (χ1) is 15.1. The Hall–Kier alpha value is -3.63. The van der Waals surface area contributed by atoms with Crippen molar-refractivity contribution in [2.24, 2.45) is 4.99 Å². The smallest absolute Gasteiger partial charge is 0.387 e. The zero-order valence-electron chi connectivity index (χ0n) is 16.7. The first kappa shape index (κ1) is 20.6. The van der Waals surface area contributed by atoms with Crippen LogP contribution in [-0.2, 0) is 6.54 Å². The number of ether oxygens (including phenoxy) is 6. The molecule has 0 spiro atoms. The van der Waals surface area contributed by atoms with Crippen molar-refractivity contribution in [3.8, 4) is 34.5 Å². The normalized spacial score (nSPS) is 14.0. The van der Waals surface area contributed by atoms with Gasteiger partial charge in [-0.25, -0.2) is 0 Å². The van der Waals surface area contributed by atoms with Crippen LogP contribution >= 0.6 is 0 Å². The maximum absolute atomic E-state index is 12.8. The highest BCUT2D eigenvalue weighted by Gasteiger charge is 2.20. The summed E-state index contributed by atoms with van der Waals surface area (Å²) in [7, 11) is 1.60. The summed E-state index contributed by atoms with van der Waals surface area (Å²) in [6, 6.07) is 8.34. The van der Waals surface area contributed by atoms with E-state index in [9.17, 15) is 8.78 Å². The standard InChI is InChI=1S/C20H21F2N3O6/c1-23-20(24-4-5-26-13-2-3-14-17(7-13)29-10-27-14)25-9-12-6-16-18(30-11-28-16)8-15(12)31-19(21)22/h2-3,6-8,19H,4-5,9-11H2,1H3,(H2,23,24,25). The number of alkyl halides is 2. The highest BCUT2D eigenvalue weighted by molar-refractivity contribution is 5.79. The predicted molar refractivity (Wildman–Crippen MR) is 105 cm³/mol. The Labute approximate surface area is 176 Å². The topological polar surface area (TPSA) is 91.8 Å². The van der Waals surface area contributed by atoms with Crippen LogP contribution in [0.15, 0.2) is 35.3 Å². The SMILES string of the molecule is CN=C(NCCOc1ccc2c(c1)OCO2)NCc1cc2c(cc1OC(F)F)OCO2. The molecule has 9 nitrogen and oxygen atoms in total. The Balaban J connectivity index is 1.28. The minimum absolute atomic E-state index is 0.00773. The van der Waals surface area contributed by atoms with E-state index in [-0.39, 0.29) is 25.9 Å². The molecule has 0 radical (unpaired) electrons. The molecule has 4 rings (SSSR count). The molecule has 11 heteroatoms. The van der Waals surface area contributed by atoms with Gasteiger partial charge in [0.15, 0.2) is 29.0 Å². The number of nitrogens with zero attached hydrogens (tertiary/aromatic N) is 1. The molecule has 166 valence electrons. The minimum Gasteiger partial charge on any atom is -0.492 e. The van der Waals surface area contributed by atoms with Crippen LogP contribution < -0.4 is 39.1 Å². The van der Waals surface area contributed by atoms with Crippen LogP contribution in [0.3, 0.4) is 0 Å². The molecule has 0 aromatic heterocycles. The lowest BCUT2D eigenvalue weighted by Crippen LogP contribution is -2.39. The molecule has 2 aliphatic rings. The molecule has 0 saturated carbocycles. The van der Waals surface area contributed by atoms with Crippen molar-refractivity contribution in [1.82, 2.24) is 10.6 Å². The van der Waals surface area contributed by atoms with Crippen LogP contribution in [-0.4, -0.2) is 46.4 Å². The summed E-state index contributed by atoms with van der Waals surface area (Å²) in [5.41, 5.74) is 0.476. The second kappa shape index (κ2) is 9.45. The monoisotopic (exact) mass is 437 g/mol. The van der Waals surface area contributed by atoms with Crippen LogP contribution in [0.2, 0.25) is 0 Å². The summed E-state index contributed by atoms with van der Waals surface area (Å²) in [6.07, 6.45) is 0. The first-order valence-electron chi connectivity index (χ1n) is 9.46. The predicted octanol–water partition coefficient (Wildman–Crippen LogP) is 2.49. The zero-order chi connectivity index (χ0) is 21.6. The van der Waals surface area contributed by atoms with E-state index in [4.69, 9.17) is 23.7 Å². The molecule has 2 heterocycles. The van der Waals surface area contributed by atoms with Crippen molar-refractivity contribution < 1.29 is 37.2 Å². The van der Waals surface area contributed by atoms with E-state index in [1.54, 1.807) is 31.3 Å². The summed E-state index contributed by atoms with van der Waals surface area (Å²) < 4.78 is 56.9. The molecule has 0 amide bonds. The number of nitrogens with one attached hydrogen (secondary N) is 2. The third kappa shape index (κ3) is 5.11. The van der Waals surface area contributed by atoms with Crippen LogP contribution in [0.4, 0.5) is 8.78 Å². The Morgan fingerprint density at radius 1 is 1.00 bits per heavy atom. The first-order valence-corrected chi connectivity index (χ1v) is 9.46. The third-order valence-electron chi connectivity index (χ3n) is 4.45. The van der Waals surface area contributed by atoms with E-state index < -0.39 is 6.61 Å². The Morgan fingerprint density at radius 3 is 2.45 bits per heavy atom. The maximum Gasteiger partial charge on any atom is 0.387 e. The van der Waals surface area contributed by atoms with Gasteiger partial charge >= 0.3 is 6.61 Å². The fourth-order valence-corrected chi connectivity index (χ4v) is 3.01. The zero-order valence-corrected chi connectivity index (χ0v) is 16.7. The molecule has 0 atom stereocenters. The summed E-state index contributed by atoms with van der Waals surface area (Å²) in [5.74, 6) is 3.30. The summed E-state index contributed by atoms with van der Waals surface area (Å²) in [4.78, 5) is 4.12. The number of rotatable bonds is 8. The maximum atomic E-state index is 12.8. The Bertz CT molecular complexity index is 957. The minimum atomic E-state index is -2.95. The van der Waals surface area contributed by atoms with E-state index in [2.05, 4.69) is 20.4 Å². The van der Waals surface area contributed by atoms with Gasteiger partial charge in [-0.2, -0.15) is 8.78 Å². The number of guanidine groups is 1. The molecule has 0 saturated heterocycles. The van der Waals surface area contributed by atoms with Gasteiger partial charge in [0.1, 0.15) is 18.1 Å². The summed E-state index contributed by atoms with van der Waals surface area (Å²) >= 11 is 0. The quantitative estimate of drug-likeness (QED) is 0.370. The fourth-order valence-electron chi connectivity index (χ4n) is 3.01. The number of halogens is 2. The lowest BCUT2D eigenvalue weighted by atomic mass is 10.1. The summed E-state index contributed by atoms with van der Waals surface area (Å²) in [6.45, 7) is -1.71. The van der Waals surface area contributed by atoms with Crippen molar-refractivity contribution in [2.45, 2.75) is 13.2 Å². The largest absolute Gasteiger partial charge is 0.492 e.